The summed E-state index contributed by atoms with van der Waals surface area (Å²) < 4.78 is 16.8. The fraction of sp³-hybridized carbons (Fsp3) is 1.00. The minimum atomic E-state index is -1.10. The van der Waals surface area contributed by atoms with E-state index in [0.717, 1.165) is 19.3 Å². The summed E-state index contributed by atoms with van der Waals surface area (Å²) in [5.41, 5.74) is 0. The molecule has 0 aromatic carbocycles. The van der Waals surface area contributed by atoms with Crippen molar-refractivity contribution in [1.82, 2.24) is 0 Å². The molecule has 6 nitrogen and oxygen atoms in total. The molecular weight excluding hydrogens is 264 g/mol. The van der Waals surface area contributed by atoms with Gasteiger partial charge in [-0.2, -0.15) is 0 Å². The molecule has 0 aromatic heterocycles. The monoisotopic (exact) mass is 294 g/mol. The highest BCUT2D eigenvalue weighted by molar-refractivity contribution is 4.51. The third-order valence-electron chi connectivity index (χ3n) is 2.75. The fourth-order valence-electron chi connectivity index (χ4n) is 1.54. The predicted octanol–water partition coefficient (Wildman–Crippen LogP) is 1.03. The lowest BCUT2D eigenvalue weighted by molar-refractivity contribution is -0.370. The van der Waals surface area contributed by atoms with Gasteiger partial charge in [-0.15, -0.1) is 0 Å². The summed E-state index contributed by atoms with van der Waals surface area (Å²) >= 11 is 0. The Kier molecular flexibility index (Phi) is 13.6. The molecule has 20 heavy (non-hydrogen) atoms. The number of unbranched alkanes of at least 4 members (excludes halogenated alkanes) is 3. The maximum Gasteiger partial charge on any atom is 0.279 e. The van der Waals surface area contributed by atoms with Gasteiger partial charge in [0.15, 0.2) is 0 Å². The lowest BCUT2D eigenvalue weighted by Crippen LogP contribution is -2.37. The topological polar surface area (TPSA) is 88.4 Å². The van der Waals surface area contributed by atoms with Crippen LogP contribution in [0.3, 0.4) is 0 Å². The van der Waals surface area contributed by atoms with Gasteiger partial charge in [0.05, 0.1) is 19.8 Å². The van der Waals surface area contributed by atoms with E-state index in [4.69, 9.17) is 29.5 Å². The van der Waals surface area contributed by atoms with E-state index in [1.54, 1.807) is 6.92 Å². The van der Waals surface area contributed by atoms with E-state index in [-0.39, 0.29) is 19.8 Å². The summed E-state index contributed by atoms with van der Waals surface area (Å²) in [6, 6.07) is 0. The fourth-order valence-corrected chi connectivity index (χ4v) is 1.54. The van der Waals surface area contributed by atoms with E-state index in [2.05, 4.69) is 0 Å². The van der Waals surface area contributed by atoms with E-state index in [1.165, 1.54) is 0 Å². The first-order valence-electron chi connectivity index (χ1n) is 7.43. The smallest absolute Gasteiger partial charge is 0.279 e. The van der Waals surface area contributed by atoms with Crippen LogP contribution >= 0.6 is 0 Å². The largest absolute Gasteiger partial charge is 0.396 e. The second-order valence-electron chi connectivity index (χ2n) is 4.70. The van der Waals surface area contributed by atoms with Crippen LogP contribution in [-0.2, 0) is 14.2 Å². The maximum atomic E-state index is 8.73. The highest BCUT2D eigenvalue weighted by Crippen LogP contribution is 2.17. The maximum absolute atomic E-state index is 8.73. The van der Waals surface area contributed by atoms with Crippen LogP contribution < -0.4 is 0 Å². The molecule has 3 N–H and O–H groups in total. The Hall–Kier alpha value is -0.240. The molecule has 0 aliphatic carbocycles. The third kappa shape index (κ3) is 11.6. The van der Waals surface area contributed by atoms with Gasteiger partial charge >= 0.3 is 0 Å². The quantitative estimate of drug-likeness (QED) is 0.309. The molecule has 0 aromatic rings. The van der Waals surface area contributed by atoms with Crippen LogP contribution in [0.5, 0.6) is 0 Å². The van der Waals surface area contributed by atoms with E-state index < -0.39 is 5.97 Å². The van der Waals surface area contributed by atoms with E-state index in [9.17, 15) is 0 Å². The summed E-state index contributed by atoms with van der Waals surface area (Å²) in [7, 11) is 0. The summed E-state index contributed by atoms with van der Waals surface area (Å²) in [6.07, 6.45) is 4.28. The molecule has 0 aliphatic rings. The van der Waals surface area contributed by atoms with E-state index in [0.29, 0.717) is 39.1 Å². The first kappa shape index (κ1) is 19.8. The molecule has 0 heterocycles. The standard InChI is InChI=1S/C14H30O6/c1-14(18-11-5-2-8-15,19-12-6-3-9-16)20-13-7-4-10-17/h15-17H,2-13H2,1H3. The Balaban J connectivity index is 3.98. The van der Waals surface area contributed by atoms with Crippen molar-refractivity contribution in [1.29, 1.82) is 0 Å². The molecule has 0 amide bonds. The zero-order valence-corrected chi connectivity index (χ0v) is 12.6. The SMILES string of the molecule is CC(OCCCCO)(OCCCCO)OCCCCO. The normalized spacial score (nSPS) is 12.0. The van der Waals surface area contributed by atoms with Crippen LogP contribution in [-0.4, -0.2) is 60.9 Å². The van der Waals surface area contributed by atoms with Crippen molar-refractivity contribution in [2.24, 2.45) is 0 Å². The highest BCUT2D eigenvalue weighted by Gasteiger charge is 2.26. The zero-order valence-electron chi connectivity index (χ0n) is 12.6. The highest BCUT2D eigenvalue weighted by atomic mass is 16.9. The summed E-state index contributed by atoms with van der Waals surface area (Å²) in [6.45, 7) is 3.54. The number of rotatable bonds is 15. The number of ether oxygens (including phenoxy) is 3. The number of hydrogen-bond donors (Lipinski definition) is 3. The third-order valence-corrected chi connectivity index (χ3v) is 2.75. The first-order valence-corrected chi connectivity index (χ1v) is 7.43. The Morgan fingerprint density at radius 1 is 0.600 bits per heavy atom. The van der Waals surface area contributed by atoms with E-state index in [1.807, 2.05) is 0 Å². The molecular formula is C14H30O6. The van der Waals surface area contributed by atoms with Gasteiger partial charge in [0, 0.05) is 26.7 Å². The second-order valence-corrected chi connectivity index (χ2v) is 4.70. The van der Waals surface area contributed by atoms with Crippen molar-refractivity contribution >= 4 is 0 Å². The lowest BCUT2D eigenvalue weighted by Gasteiger charge is -2.30. The van der Waals surface area contributed by atoms with Crippen molar-refractivity contribution in [3.63, 3.8) is 0 Å². The number of aliphatic hydroxyl groups excluding tert-OH is 3. The van der Waals surface area contributed by atoms with Crippen molar-refractivity contribution in [2.75, 3.05) is 39.6 Å². The predicted molar refractivity (Wildman–Crippen MR) is 75.2 cm³/mol. The van der Waals surface area contributed by atoms with Crippen LogP contribution in [0.4, 0.5) is 0 Å². The molecule has 0 aliphatic heterocycles. The van der Waals surface area contributed by atoms with Gasteiger partial charge in [-0.3, -0.25) is 0 Å². The molecule has 0 unspecified atom stereocenters. The molecule has 0 radical (unpaired) electrons. The molecule has 0 rings (SSSR count). The van der Waals surface area contributed by atoms with Crippen LogP contribution in [0.25, 0.3) is 0 Å². The number of hydrogen-bond acceptors (Lipinski definition) is 6. The van der Waals surface area contributed by atoms with Crippen LogP contribution in [0.15, 0.2) is 0 Å². The molecule has 0 fully saturated rings. The molecule has 0 saturated carbocycles. The van der Waals surface area contributed by atoms with E-state index >= 15 is 0 Å². The van der Waals surface area contributed by atoms with Crippen molar-refractivity contribution in [2.45, 2.75) is 51.4 Å². The van der Waals surface area contributed by atoms with Gasteiger partial charge < -0.3 is 29.5 Å². The van der Waals surface area contributed by atoms with Crippen LogP contribution in [0.2, 0.25) is 0 Å². The minimum absolute atomic E-state index is 0.148. The van der Waals surface area contributed by atoms with Crippen molar-refractivity contribution in [3.05, 3.63) is 0 Å². The summed E-state index contributed by atoms with van der Waals surface area (Å²) in [5.74, 6) is -1.10. The average Bonchev–Trinajstić information content (AvgIpc) is 2.45. The second kappa shape index (κ2) is 13.7. The van der Waals surface area contributed by atoms with Crippen molar-refractivity contribution < 1.29 is 29.5 Å². The first-order chi connectivity index (χ1) is 9.68. The van der Waals surface area contributed by atoms with Gasteiger partial charge in [-0.25, -0.2) is 0 Å². The minimum Gasteiger partial charge on any atom is -0.396 e. The zero-order chi connectivity index (χ0) is 15.1. The van der Waals surface area contributed by atoms with Crippen molar-refractivity contribution in [3.8, 4) is 0 Å². The Morgan fingerprint density at radius 2 is 0.900 bits per heavy atom. The Labute approximate surface area is 121 Å². The Morgan fingerprint density at radius 3 is 1.15 bits per heavy atom. The lowest BCUT2D eigenvalue weighted by atomic mass is 10.3. The molecule has 122 valence electrons. The molecule has 0 atom stereocenters. The molecule has 0 saturated heterocycles. The molecule has 0 spiro atoms. The molecule has 6 heteroatoms. The van der Waals surface area contributed by atoms with Gasteiger partial charge in [-0.1, -0.05) is 0 Å². The molecule has 0 bridgehead atoms. The number of aliphatic hydroxyl groups is 3. The van der Waals surface area contributed by atoms with Gasteiger partial charge in [0.1, 0.15) is 0 Å². The summed E-state index contributed by atoms with van der Waals surface area (Å²) in [5, 5.41) is 26.2. The van der Waals surface area contributed by atoms with Crippen LogP contribution in [0, 0.1) is 0 Å². The van der Waals surface area contributed by atoms with Crippen LogP contribution in [0.1, 0.15) is 45.4 Å². The van der Waals surface area contributed by atoms with Gasteiger partial charge in [0.2, 0.25) is 0 Å². The van der Waals surface area contributed by atoms with Gasteiger partial charge in [-0.05, 0) is 38.5 Å². The summed E-state index contributed by atoms with van der Waals surface area (Å²) in [4.78, 5) is 0. The van der Waals surface area contributed by atoms with Gasteiger partial charge in [0.25, 0.3) is 5.97 Å². The Bertz CT molecular complexity index is 169. The average molecular weight is 294 g/mol.